The first-order chi connectivity index (χ1) is 10.9. The summed E-state index contributed by atoms with van der Waals surface area (Å²) in [6, 6.07) is 8.89. The molecular weight excluding hydrogens is 316 g/mol. The Labute approximate surface area is 133 Å². The van der Waals surface area contributed by atoms with Crippen LogP contribution in [-0.4, -0.2) is 23.0 Å². The predicted octanol–water partition coefficient (Wildman–Crippen LogP) is 1.12. The van der Waals surface area contributed by atoms with Crippen LogP contribution in [0.2, 0.25) is 0 Å². The summed E-state index contributed by atoms with van der Waals surface area (Å²) in [5.74, 6) is 0.500. The van der Waals surface area contributed by atoms with Gasteiger partial charge < -0.3 is 0 Å². The molecule has 3 rings (SSSR count). The van der Waals surface area contributed by atoms with Gasteiger partial charge in [-0.25, -0.2) is 18.2 Å². The monoisotopic (exact) mass is 332 g/mol. The number of aromatic nitrogens is 3. The fourth-order valence-corrected chi connectivity index (χ4v) is 3.36. The number of benzene rings is 1. The smallest absolute Gasteiger partial charge is 0.288 e. The Morgan fingerprint density at radius 1 is 1.26 bits per heavy atom. The van der Waals surface area contributed by atoms with Crippen LogP contribution in [0.15, 0.2) is 46.2 Å². The van der Waals surface area contributed by atoms with Crippen LogP contribution in [0.25, 0.3) is 5.52 Å². The van der Waals surface area contributed by atoms with E-state index < -0.39 is 15.6 Å². The molecule has 2 N–H and O–H groups in total. The Hall–Kier alpha value is -2.45. The maximum absolute atomic E-state index is 12.5. The normalized spacial score (nSPS) is 11.9. The van der Waals surface area contributed by atoms with Crippen molar-refractivity contribution in [2.45, 2.75) is 25.3 Å². The Morgan fingerprint density at radius 2 is 2.00 bits per heavy atom. The summed E-state index contributed by atoms with van der Waals surface area (Å²) >= 11 is 0. The molecule has 0 saturated heterocycles. The molecule has 0 amide bonds. The van der Waals surface area contributed by atoms with E-state index in [9.17, 15) is 13.2 Å². The van der Waals surface area contributed by atoms with Crippen molar-refractivity contribution in [1.29, 1.82) is 0 Å². The second-order valence-electron chi connectivity index (χ2n) is 5.28. The molecule has 0 aliphatic carbocycles. The van der Waals surface area contributed by atoms with E-state index in [0.29, 0.717) is 5.82 Å². The largest absolute Gasteiger partial charge is 0.298 e. The number of rotatable bonds is 4. The highest BCUT2D eigenvalue weighted by Crippen LogP contribution is 2.14. The molecule has 2 heterocycles. The third-order valence-electron chi connectivity index (χ3n) is 3.72. The Balaban J connectivity index is 1.94. The molecule has 0 saturated carbocycles. The van der Waals surface area contributed by atoms with Crippen molar-refractivity contribution in [2.75, 3.05) is 0 Å². The number of aryl methyl sites for hydroxylation is 2. The molecule has 0 atom stereocenters. The minimum absolute atomic E-state index is 0.0349. The fourth-order valence-electron chi connectivity index (χ4n) is 2.34. The van der Waals surface area contributed by atoms with Gasteiger partial charge in [0.25, 0.3) is 5.56 Å². The fraction of sp³-hybridized carbons (Fsp3) is 0.200. The number of sulfonamides is 1. The van der Waals surface area contributed by atoms with Gasteiger partial charge in [-0.2, -0.15) is 5.10 Å². The van der Waals surface area contributed by atoms with Crippen LogP contribution in [0.1, 0.15) is 17.0 Å². The molecular formula is C15H16N4O3S. The summed E-state index contributed by atoms with van der Waals surface area (Å²) in [6.07, 6.45) is 1.40. The second kappa shape index (κ2) is 5.64. The highest BCUT2D eigenvalue weighted by molar-refractivity contribution is 7.89. The lowest BCUT2D eigenvalue weighted by Gasteiger charge is -2.07. The lowest BCUT2D eigenvalue weighted by Crippen LogP contribution is -2.23. The van der Waals surface area contributed by atoms with Crippen LogP contribution >= 0.6 is 0 Å². The second-order valence-corrected chi connectivity index (χ2v) is 7.05. The minimum atomic E-state index is -3.72. The van der Waals surface area contributed by atoms with Crippen molar-refractivity contribution in [1.82, 2.24) is 19.3 Å². The number of aromatic amines is 1. The molecule has 8 heteroatoms. The van der Waals surface area contributed by atoms with Crippen LogP contribution in [0.3, 0.4) is 0 Å². The van der Waals surface area contributed by atoms with Crippen LogP contribution in [0.4, 0.5) is 0 Å². The van der Waals surface area contributed by atoms with Gasteiger partial charge in [-0.1, -0.05) is 24.3 Å². The van der Waals surface area contributed by atoms with Gasteiger partial charge in [-0.3, -0.25) is 9.20 Å². The Kier molecular flexibility index (Phi) is 3.78. The topological polar surface area (TPSA) is 96.3 Å². The zero-order valence-electron chi connectivity index (χ0n) is 12.7. The van der Waals surface area contributed by atoms with Crippen molar-refractivity contribution >= 4 is 15.5 Å². The first-order valence-corrected chi connectivity index (χ1v) is 8.48. The van der Waals surface area contributed by atoms with Gasteiger partial charge in [-0.15, -0.1) is 0 Å². The van der Waals surface area contributed by atoms with Gasteiger partial charge in [0.05, 0.1) is 0 Å². The summed E-state index contributed by atoms with van der Waals surface area (Å²) in [6.45, 7) is 3.79. The van der Waals surface area contributed by atoms with E-state index in [2.05, 4.69) is 14.9 Å². The Morgan fingerprint density at radius 3 is 2.70 bits per heavy atom. The molecule has 0 bridgehead atoms. The predicted molar refractivity (Wildman–Crippen MR) is 85.8 cm³/mol. The summed E-state index contributed by atoms with van der Waals surface area (Å²) in [5.41, 5.74) is 1.72. The molecule has 1 aromatic carbocycles. The lowest BCUT2D eigenvalue weighted by molar-refractivity contribution is 0.581. The van der Waals surface area contributed by atoms with Gasteiger partial charge in [0, 0.05) is 12.7 Å². The molecule has 0 unspecified atom stereocenters. The third-order valence-corrected chi connectivity index (χ3v) is 5.09. The van der Waals surface area contributed by atoms with Gasteiger partial charge in [0.1, 0.15) is 16.2 Å². The van der Waals surface area contributed by atoms with Crippen LogP contribution in [0.5, 0.6) is 0 Å². The number of nitrogens with one attached hydrogen (secondary N) is 2. The number of hydrogen-bond donors (Lipinski definition) is 2. The van der Waals surface area contributed by atoms with Crippen molar-refractivity contribution < 1.29 is 8.42 Å². The highest BCUT2D eigenvalue weighted by Gasteiger charge is 2.18. The van der Waals surface area contributed by atoms with E-state index in [4.69, 9.17) is 0 Å². The number of H-pyrrole nitrogens is 1. The molecule has 2 aromatic heterocycles. The molecule has 3 aromatic rings. The van der Waals surface area contributed by atoms with Gasteiger partial charge >= 0.3 is 0 Å². The average Bonchev–Trinajstić information content (AvgIpc) is 2.98. The van der Waals surface area contributed by atoms with Crippen LogP contribution in [-0.2, 0) is 16.6 Å². The first kappa shape index (κ1) is 15.4. The van der Waals surface area contributed by atoms with E-state index in [1.54, 1.807) is 6.92 Å². The van der Waals surface area contributed by atoms with E-state index in [1.165, 1.54) is 16.7 Å². The SMILES string of the molecule is Cc1ccccc1CNS(=O)(=O)c1cc2c(=O)[nH]nc(C)n2c1. The molecule has 0 aliphatic rings. The van der Waals surface area contributed by atoms with Crippen LogP contribution in [0, 0.1) is 13.8 Å². The summed E-state index contributed by atoms with van der Waals surface area (Å²) in [4.78, 5) is 11.8. The molecule has 0 aliphatic heterocycles. The zero-order valence-corrected chi connectivity index (χ0v) is 13.5. The van der Waals surface area contributed by atoms with Crippen molar-refractivity contribution in [3.05, 3.63) is 63.8 Å². The van der Waals surface area contributed by atoms with Crippen molar-refractivity contribution in [3.63, 3.8) is 0 Å². The van der Waals surface area contributed by atoms with Gasteiger partial charge in [0.15, 0.2) is 0 Å². The van der Waals surface area contributed by atoms with E-state index in [0.717, 1.165) is 11.1 Å². The van der Waals surface area contributed by atoms with Gasteiger partial charge in [0.2, 0.25) is 10.0 Å². The summed E-state index contributed by atoms with van der Waals surface area (Å²) < 4.78 is 28.9. The van der Waals surface area contributed by atoms with Crippen LogP contribution < -0.4 is 10.3 Å². The maximum Gasteiger partial charge on any atom is 0.288 e. The first-order valence-electron chi connectivity index (χ1n) is 7.00. The minimum Gasteiger partial charge on any atom is -0.298 e. The molecule has 0 fully saturated rings. The van der Waals surface area contributed by atoms with E-state index >= 15 is 0 Å². The Bertz CT molecular complexity index is 1030. The van der Waals surface area contributed by atoms with Crippen molar-refractivity contribution in [2.24, 2.45) is 0 Å². The summed E-state index contributed by atoms with van der Waals surface area (Å²) in [5, 5.41) is 6.15. The zero-order chi connectivity index (χ0) is 16.6. The third kappa shape index (κ3) is 2.90. The maximum atomic E-state index is 12.5. The van der Waals surface area contributed by atoms with E-state index in [1.807, 2.05) is 31.2 Å². The van der Waals surface area contributed by atoms with Crippen molar-refractivity contribution in [3.8, 4) is 0 Å². The quantitative estimate of drug-likeness (QED) is 0.748. The number of hydrogen-bond acceptors (Lipinski definition) is 4. The molecule has 23 heavy (non-hydrogen) atoms. The summed E-state index contributed by atoms with van der Waals surface area (Å²) in [7, 11) is -3.72. The molecule has 120 valence electrons. The number of fused-ring (bicyclic) bond motifs is 1. The molecule has 0 radical (unpaired) electrons. The van der Waals surface area contributed by atoms with E-state index in [-0.39, 0.29) is 17.0 Å². The molecule has 0 spiro atoms. The highest BCUT2D eigenvalue weighted by atomic mass is 32.2. The average molecular weight is 332 g/mol. The standard InChI is InChI=1S/C15H16N4O3S/c1-10-5-3-4-6-12(10)8-16-23(21,22)13-7-14-15(20)18-17-11(2)19(14)9-13/h3-7,9,16H,8H2,1-2H3,(H,18,20). The van der Waals surface area contributed by atoms with Gasteiger partial charge in [-0.05, 0) is 31.0 Å². The lowest BCUT2D eigenvalue weighted by atomic mass is 10.1. The number of nitrogens with zero attached hydrogens (tertiary/aromatic N) is 2. The molecule has 7 nitrogen and oxygen atoms in total.